The molecule has 0 bridgehead atoms. The number of carbonyl (C=O) groups excluding carboxylic acids is 1. The van der Waals surface area contributed by atoms with E-state index in [-0.39, 0.29) is 0 Å². The van der Waals surface area contributed by atoms with Crippen LogP contribution in [0.4, 0.5) is 0 Å². The zero-order chi connectivity index (χ0) is 7.28. The predicted molar refractivity (Wildman–Crippen MR) is 30.5 cm³/mol. The highest BCUT2D eigenvalue weighted by Crippen LogP contribution is 1.98. The fraction of sp³-hybridized carbons (Fsp3) is 0.833. The second kappa shape index (κ2) is 4.32. The molecule has 0 aliphatic heterocycles. The molecule has 0 aromatic carbocycles. The van der Waals surface area contributed by atoms with E-state index in [1.807, 2.05) is 6.92 Å². The summed E-state index contributed by atoms with van der Waals surface area (Å²) in [5.41, 5.74) is 0. The maximum absolute atomic E-state index is 9.84. The number of aliphatic hydroxyl groups is 1. The third-order valence-electron chi connectivity index (χ3n) is 1.10. The van der Waals surface area contributed by atoms with Crippen LogP contribution in [-0.4, -0.2) is 17.2 Å². The van der Waals surface area contributed by atoms with Crippen LogP contribution < -0.4 is 5.11 Å². The molecular weight excluding hydrogens is 120 g/mol. The molecule has 3 heteroatoms. The Kier molecular flexibility index (Phi) is 4.05. The van der Waals surface area contributed by atoms with Gasteiger partial charge in [0.05, 0.1) is 12.1 Å². The van der Waals surface area contributed by atoms with E-state index in [1.54, 1.807) is 0 Å². The number of unbranched alkanes of at least 4 members (excludes halogenated alkanes) is 1. The van der Waals surface area contributed by atoms with E-state index >= 15 is 0 Å². The van der Waals surface area contributed by atoms with Crippen molar-refractivity contribution in [3.63, 3.8) is 0 Å². The lowest BCUT2D eigenvalue weighted by atomic mass is 10.2. The molecule has 0 saturated carbocycles. The lowest BCUT2D eigenvalue weighted by Gasteiger charge is -2.09. The summed E-state index contributed by atoms with van der Waals surface area (Å²) in [6.07, 6.45) is 0.656. The monoisotopic (exact) mass is 131 g/mol. The number of carbonyl (C=O) groups is 1. The Bertz CT molecular complexity index is 90.3. The first-order valence-electron chi connectivity index (χ1n) is 3.07. The highest BCUT2D eigenvalue weighted by Gasteiger charge is 2.01. The van der Waals surface area contributed by atoms with E-state index < -0.39 is 12.1 Å². The van der Waals surface area contributed by atoms with E-state index in [0.717, 1.165) is 12.8 Å². The van der Waals surface area contributed by atoms with Gasteiger partial charge in [0.15, 0.2) is 0 Å². The van der Waals surface area contributed by atoms with Crippen LogP contribution in [0.2, 0.25) is 0 Å². The van der Waals surface area contributed by atoms with Crippen LogP contribution in [0, 0.1) is 0 Å². The Labute approximate surface area is 54.3 Å². The summed E-state index contributed by atoms with van der Waals surface area (Å²) in [6, 6.07) is 0. The van der Waals surface area contributed by atoms with Gasteiger partial charge in [0.1, 0.15) is 0 Å². The first-order valence-corrected chi connectivity index (χ1v) is 3.07. The normalized spacial score (nSPS) is 13.1. The zero-order valence-corrected chi connectivity index (χ0v) is 5.46. The van der Waals surface area contributed by atoms with Crippen molar-refractivity contribution in [2.24, 2.45) is 0 Å². The van der Waals surface area contributed by atoms with Crippen molar-refractivity contribution in [1.82, 2.24) is 0 Å². The molecule has 0 aliphatic carbocycles. The average molecular weight is 131 g/mol. The van der Waals surface area contributed by atoms with Crippen molar-refractivity contribution in [2.45, 2.75) is 32.3 Å². The van der Waals surface area contributed by atoms with E-state index in [1.165, 1.54) is 0 Å². The minimum Gasteiger partial charge on any atom is -0.547 e. The van der Waals surface area contributed by atoms with Crippen molar-refractivity contribution in [1.29, 1.82) is 0 Å². The third-order valence-corrected chi connectivity index (χ3v) is 1.10. The second-order valence-corrected chi connectivity index (χ2v) is 1.98. The van der Waals surface area contributed by atoms with Crippen molar-refractivity contribution in [3.8, 4) is 0 Å². The van der Waals surface area contributed by atoms with Gasteiger partial charge < -0.3 is 15.0 Å². The lowest BCUT2D eigenvalue weighted by Crippen LogP contribution is -2.35. The van der Waals surface area contributed by atoms with Crippen LogP contribution in [-0.2, 0) is 4.79 Å². The Morgan fingerprint density at radius 2 is 2.33 bits per heavy atom. The number of rotatable bonds is 4. The summed E-state index contributed by atoms with van der Waals surface area (Å²) in [5, 5.41) is 18.4. The summed E-state index contributed by atoms with van der Waals surface area (Å²) in [6.45, 7) is 1.93. The molecule has 0 aromatic heterocycles. The van der Waals surface area contributed by atoms with E-state index in [2.05, 4.69) is 0 Å². The third kappa shape index (κ3) is 3.97. The smallest absolute Gasteiger partial charge is 0.0933 e. The van der Waals surface area contributed by atoms with Gasteiger partial charge in [-0.05, 0) is 6.42 Å². The van der Waals surface area contributed by atoms with Gasteiger partial charge in [-0.2, -0.15) is 0 Å². The molecule has 3 nitrogen and oxygen atoms in total. The summed E-state index contributed by atoms with van der Waals surface area (Å²) >= 11 is 0. The molecule has 0 spiro atoms. The molecule has 1 N–H and O–H groups in total. The van der Waals surface area contributed by atoms with Crippen molar-refractivity contribution < 1.29 is 15.0 Å². The van der Waals surface area contributed by atoms with Crippen molar-refractivity contribution in [2.75, 3.05) is 0 Å². The van der Waals surface area contributed by atoms with E-state index in [4.69, 9.17) is 5.11 Å². The minimum absolute atomic E-state index is 0.304. The van der Waals surface area contributed by atoms with Gasteiger partial charge in [-0.25, -0.2) is 0 Å². The molecule has 0 unspecified atom stereocenters. The number of aliphatic carboxylic acids is 1. The van der Waals surface area contributed by atoms with E-state index in [0.29, 0.717) is 6.42 Å². The molecule has 0 aliphatic rings. The van der Waals surface area contributed by atoms with Crippen LogP contribution >= 0.6 is 0 Å². The van der Waals surface area contributed by atoms with Crippen LogP contribution in [0.25, 0.3) is 0 Å². The van der Waals surface area contributed by atoms with Gasteiger partial charge in [0.25, 0.3) is 0 Å². The van der Waals surface area contributed by atoms with Gasteiger partial charge in [-0.3, -0.25) is 0 Å². The fourth-order valence-electron chi connectivity index (χ4n) is 0.515. The first-order chi connectivity index (χ1) is 4.18. The van der Waals surface area contributed by atoms with Gasteiger partial charge in [-0.15, -0.1) is 0 Å². The van der Waals surface area contributed by atoms with Crippen LogP contribution in [0.5, 0.6) is 0 Å². The molecule has 0 heterocycles. The molecule has 0 aromatic rings. The highest BCUT2D eigenvalue weighted by atomic mass is 16.4. The van der Waals surface area contributed by atoms with Gasteiger partial charge >= 0.3 is 0 Å². The highest BCUT2D eigenvalue weighted by molar-refractivity contribution is 5.69. The predicted octanol–water partition coefficient (Wildman–Crippen LogP) is -0.713. The molecule has 1 atom stereocenters. The van der Waals surface area contributed by atoms with Crippen molar-refractivity contribution >= 4 is 5.97 Å². The molecule has 54 valence electrons. The summed E-state index contributed by atoms with van der Waals surface area (Å²) < 4.78 is 0. The topological polar surface area (TPSA) is 60.4 Å². The minimum atomic E-state index is -1.37. The Balaban J connectivity index is 3.27. The molecule has 0 fully saturated rings. The number of hydrogen-bond donors (Lipinski definition) is 1. The quantitative estimate of drug-likeness (QED) is 0.548. The Morgan fingerprint density at radius 1 is 1.78 bits per heavy atom. The maximum atomic E-state index is 9.84. The molecular formula is C6H11O3-. The second-order valence-electron chi connectivity index (χ2n) is 1.98. The number of hydrogen-bond acceptors (Lipinski definition) is 3. The molecule has 0 radical (unpaired) electrons. The van der Waals surface area contributed by atoms with Gasteiger partial charge in [0, 0.05) is 0 Å². The maximum Gasteiger partial charge on any atom is 0.0933 e. The first kappa shape index (κ1) is 8.43. The summed E-state index contributed by atoms with van der Waals surface area (Å²) in [4.78, 5) is 9.84. The number of aliphatic hydroxyl groups excluding tert-OH is 1. The number of carboxylic acid groups (broad SMARTS) is 1. The largest absolute Gasteiger partial charge is 0.547 e. The fourth-order valence-corrected chi connectivity index (χ4v) is 0.515. The van der Waals surface area contributed by atoms with Crippen LogP contribution in [0.3, 0.4) is 0 Å². The zero-order valence-electron chi connectivity index (χ0n) is 5.46. The van der Waals surface area contributed by atoms with Crippen LogP contribution in [0.1, 0.15) is 26.2 Å². The number of carboxylic acids is 1. The summed E-state index contributed by atoms with van der Waals surface area (Å²) in [5.74, 6) is -1.37. The van der Waals surface area contributed by atoms with Crippen LogP contribution in [0.15, 0.2) is 0 Å². The van der Waals surface area contributed by atoms with E-state index in [9.17, 15) is 9.90 Å². The Hall–Kier alpha value is -0.570. The molecule has 0 rings (SSSR count). The summed E-state index contributed by atoms with van der Waals surface area (Å²) in [7, 11) is 0. The van der Waals surface area contributed by atoms with Crippen molar-refractivity contribution in [3.05, 3.63) is 0 Å². The van der Waals surface area contributed by atoms with Gasteiger partial charge in [-0.1, -0.05) is 19.8 Å². The molecule has 0 amide bonds. The molecule has 9 heavy (non-hydrogen) atoms. The Morgan fingerprint density at radius 3 is 2.67 bits per heavy atom. The standard InChI is InChI=1S/C6H12O3/c1-2-3-4-5(7)6(8)9/h5,7H,2-4H2,1H3,(H,8,9)/p-1/t5-/m0/s1. The average Bonchev–Trinajstić information content (AvgIpc) is 1.82. The SMILES string of the molecule is CCCC[C@H](O)C(=O)[O-]. The molecule has 0 saturated heterocycles. The van der Waals surface area contributed by atoms with Gasteiger partial charge in [0.2, 0.25) is 0 Å². The lowest BCUT2D eigenvalue weighted by molar-refractivity contribution is -0.315.